The molecule has 3 heterocycles. The van der Waals surface area contributed by atoms with Crippen LogP contribution in [0.15, 0.2) is 91.3 Å². The highest BCUT2D eigenvalue weighted by Crippen LogP contribution is 2.42. The van der Waals surface area contributed by atoms with Gasteiger partial charge >= 0.3 is 0 Å². The fraction of sp³-hybridized carbons (Fsp3) is 0.214. The largest absolute Gasteiger partial charge is 0.497 e. The summed E-state index contributed by atoms with van der Waals surface area (Å²) in [6.45, 7) is 4.41. The molecule has 2 unspecified atom stereocenters. The maximum absolute atomic E-state index is 5.89. The second-order valence-corrected chi connectivity index (χ2v) is 9.13. The number of methoxy groups -OCH3 is 1. The Labute approximate surface area is 206 Å². The van der Waals surface area contributed by atoms with Crippen LogP contribution < -0.4 is 15.0 Å². The zero-order valence-corrected chi connectivity index (χ0v) is 20.4. The molecule has 172 valence electrons. The molecule has 1 N–H and O–H groups in total. The lowest BCUT2D eigenvalue weighted by molar-refractivity contribution is 0.414. The van der Waals surface area contributed by atoms with Crippen LogP contribution in [0.4, 0.5) is 5.69 Å². The van der Waals surface area contributed by atoms with Crippen LogP contribution in [0, 0.1) is 0 Å². The summed E-state index contributed by atoms with van der Waals surface area (Å²) in [6, 6.07) is 26.9. The topological polar surface area (TPSA) is 42.3 Å². The number of nitrogens with zero attached hydrogens (tertiary/aromatic N) is 3. The molecule has 5 nitrogen and oxygen atoms in total. The van der Waals surface area contributed by atoms with Crippen LogP contribution in [0.25, 0.3) is 5.69 Å². The molecule has 1 aliphatic rings. The fourth-order valence-electron chi connectivity index (χ4n) is 4.58. The number of thiocarbonyl (C=S) groups is 1. The van der Waals surface area contributed by atoms with Crippen molar-refractivity contribution in [3.8, 4) is 11.4 Å². The van der Waals surface area contributed by atoms with Crippen LogP contribution in [0.2, 0.25) is 0 Å². The van der Waals surface area contributed by atoms with Crippen LogP contribution in [0.5, 0.6) is 5.75 Å². The molecule has 6 heteroatoms. The Morgan fingerprint density at radius 3 is 2.47 bits per heavy atom. The number of nitrogens with one attached hydrogen (secondary N) is 1. The van der Waals surface area contributed by atoms with Gasteiger partial charge in [-0.25, -0.2) is 0 Å². The van der Waals surface area contributed by atoms with E-state index in [1.165, 1.54) is 5.56 Å². The first kappa shape index (κ1) is 22.2. The highest BCUT2D eigenvalue weighted by atomic mass is 32.1. The third-order valence-corrected chi connectivity index (χ3v) is 6.67. The van der Waals surface area contributed by atoms with E-state index in [2.05, 4.69) is 88.3 Å². The Kier molecular flexibility index (Phi) is 6.07. The molecule has 4 aromatic rings. The second kappa shape index (κ2) is 9.31. The Hall–Kier alpha value is -3.64. The summed E-state index contributed by atoms with van der Waals surface area (Å²) < 4.78 is 7.68. The van der Waals surface area contributed by atoms with Crippen molar-refractivity contribution in [3.05, 3.63) is 108 Å². The Morgan fingerprint density at radius 2 is 1.76 bits per heavy atom. The minimum atomic E-state index is -0.0993. The minimum Gasteiger partial charge on any atom is -0.497 e. The van der Waals surface area contributed by atoms with E-state index < -0.39 is 0 Å². The van der Waals surface area contributed by atoms with E-state index in [-0.39, 0.29) is 12.1 Å². The number of pyridine rings is 1. The summed E-state index contributed by atoms with van der Waals surface area (Å²) in [4.78, 5) is 6.89. The van der Waals surface area contributed by atoms with Crippen LogP contribution in [0.3, 0.4) is 0 Å². The second-order valence-electron chi connectivity index (χ2n) is 8.75. The van der Waals surface area contributed by atoms with Crippen molar-refractivity contribution in [3.63, 3.8) is 0 Å². The summed E-state index contributed by atoms with van der Waals surface area (Å²) >= 11 is 5.89. The average Bonchev–Trinajstić information content (AvgIpc) is 3.49. The van der Waals surface area contributed by atoms with Gasteiger partial charge in [-0.2, -0.15) is 0 Å². The molecule has 0 saturated carbocycles. The third-order valence-electron chi connectivity index (χ3n) is 6.35. The van der Waals surface area contributed by atoms with Gasteiger partial charge in [0, 0.05) is 35.5 Å². The van der Waals surface area contributed by atoms with Crippen molar-refractivity contribution >= 4 is 23.0 Å². The van der Waals surface area contributed by atoms with E-state index in [1.54, 1.807) is 7.11 Å². The SMILES string of the molecule is COc1cccc(-n2cccc2C2C(c3ccccn3)NC(=S)N2c2ccc(C(C)C)cc2)c1. The van der Waals surface area contributed by atoms with Crippen molar-refractivity contribution in [1.82, 2.24) is 14.9 Å². The number of hydrogen-bond acceptors (Lipinski definition) is 3. The van der Waals surface area contributed by atoms with Gasteiger partial charge in [-0.1, -0.05) is 38.1 Å². The summed E-state index contributed by atoms with van der Waals surface area (Å²) in [5, 5.41) is 4.24. The Morgan fingerprint density at radius 1 is 0.941 bits per heavy atom. The predicted octanol–water partition coefficient (Wildman–Crippen LogP) is 6.18. The molecular formula is C28H28N4OS. The number of rotatable bonds is 6. The van der Waals surface area contributed by atoms with Crippen molar-refractivity contribution in [1.29, 1.82) is 0 Å². The van der Waals surface area contributed by atoms with Gasteiger partial charge in [-0.15, -0.1) is 0 Å². The quantitative estimate of drug-likeness (QED) is 0.342. The van der Waals surface area contributed by atoms with E-state index in [0.717, 1.165) is 28.5 Å². The summed E-state index contributed by atoms with van der Waals surface area (Å²) in [6.07, 6.45) is 3.92. The summed E-state index contributed by atoms with van der Waals surface area (Å²) in [5.41, 5.74) is 5.47. The highest BCUT2D eigenvalue weighted by Gasteiger charge is 2.42. The van der Waals surface area contributed by atoms with Gasteiger partial charge in [-0.05, 0) is 72.2 Å². The fourth-order valence-corrected chi connectivity index (χ4v) is 4.93. The molecule has 2 atom stereocenters. The van der Waals surface area contributed by atoms with Crippen molar-refractivity contribution in [2.24, 2.45) is 0 Å². The van der Waals surface area contributed by atoms with Crippen molar-refractivity contribution in [2.45, 2.75) is 31.8 Å². The summed E-state index contributed by atoms with van der Waals surface area (Å²) in [5.74, 6) is 1.29. The molecule has 0 aliphatic carbocycles. The smallest absolute Gasteiger partial charge is 0.174 e. The van der Waals surface area contributed by atoms with E-state index in [1.807, 2.05) is 36.5 Å². The zero-order chi connectivity index (χ0) is 23.7. The molecule has 1 saturated heterocycles. The van der Waals surface area contributed by atoms with Gasteiger partial charge in [0.2, 0.25) is 0 Å². The van der Waals surface area contributed by atoms with Gasteiger partial charge in [0.25, 0.3) is 0 Å². The maximum atomic E-state index is 5.89. The average molecular weight is 469 g/mol. The van der Waals surface area contributed by atoms with Gasteiger partial charge in [0.1, 0.15) is 11.8 Å². The zero-order valence-electron chi connectivity index (χ0n) is 19.6. The number of hydrogen-bond donors (Lipinski definition) is 1. The van der Waals surface area contributed by atoms with E-state index in [0.29, 0.717) is 11.0 Å². The Balaban J connectivity index is 1.64. The molecular weight excluding hydrogens is 440 g/mol. The van der Waals surface area contributed by atoms with Crippen LogP contribution in [0.1, 0.15) is 48.8 Å². The number of ether oxygens (including phenoxy) is 1. The monoisotopic (exact) mass is 468 g/mol. The molecule has 0 radical (unpaired) electrons. The van der Waals surface area contributed by atoms with Crippen molar-refractivity contribution < 1.29 is 4.74 Å². The lowest BCUT2D eigenvalue weighted by Crippen LogP contribution is -2.30. The third kappa shape index (κ3) is 4.05. The maximum Gasteiger partial charge on any atom is 0.174 e. The molecule has 5 rings (SSSR count). The molecule has 2 aromatic heterocycles. The van der Waals surface area contributed by atoms with E-state index in [4.69, 9.17) is 17.0 Å². The molecule has 1 fully saturated rings. The van der Waals surface area contributed by atoms with E-state index in [9.17, 15) is 0 Å². The Bertz CT molecular complexity index is 1280. The minimum absolute atomic E-state index is 0.0894. The first-order valence-electron chi connectivity index (χ1n) is 11.5. The molecule has 0 spiro atoms. The van der Waals surface area contributed by atoms with Crippen LogP contribution >= 0.6 is 12.2 Å². The first-order chi connectivity index (χ1) is 16.6. The standard InChI is InChI=1S/C28H28N4OS/c1-19(2)20-12-14-21(15-13-20)32-27(26(30-28(32)34)24-10-4-5-16-29-24)25-11-7-17-31(25)22-8-6-9-23(18-22)33-3/h4-19,26-27H,1-3H3,(H,30,34). The van der Waals surface area contributed by atoms with Crippen LogP contribution in [-0.2, 0) is 0 Å². The number of aromatic nitrogens is 2. The molecule has 1 aliphatic heterocycles. The molecule has 2 aromatic carbocycles. The van der Waals surface area contributed by atoms with Gasteiger partial charge in [-0.3, -0.25) is 4.98 Å². The first-order valence-corrected chi connectivity index (χ1v) is 11.9. The van der Waals surface area contributed by atoms with Gasteiger partial charge in [0.05, 0.1) is 18.8 Å². The van der Waals surface area contributed by atoms with Crippen LogP contribution in [-0.4, -0.2) is 21.8 Å². The highest BCUT2D eigenvalue weighted by molar-refractivity contribution is 7.80. The van der Waals surface area contributed by atoms with E-state index >= 15 is 0 Å². The molecule has 0 amide bonds. The summed E-state index contributed by atoms with van der Waals surface area (Å²) in [7, 11) is 1.69. The number of anilines is 1. The lowest BCUT2D eigenvalue weighted by atomic mass is 9.99. The molecule has 0 bridgehead atoms. The van der Waals surface area contributed by atoms with Crippen molar-refractivity contribution in [2.75, 3.05) is 12.0 Å². The predicted molar refractivity (Wildman–Crippen MR) is 141 cm³/mol. The lowest BCUT2D eigenvalue weighted by Gasteiger charge is -2.29. The molecule has 34 heavy (non-hydrogen) atoms. The van der Waals surface area contributed by atoms with Gasteiger partial charge in [0.15, 0.2) is 5.11 Å². The normalized spacial score (nSPS) is 17.8. The van der Waals surface area contributed by atoms with Gasteiger partial charge < -0.3 is 19.5 Å². The number of benzene rings is 2.